The zero-order chi connectivity index (χ0) is 24.8. The van der Waals surface area contributed by atoms with Gasteiger partial charge in [-0.3, -0.25) is 14.2 Å². The standard InChI is InChI=1S/C30H33N3O2/c1-4-5-7-16-28(34)32(21-24-12-8-6-9-13-24)23(3)29-31-27-15-11-10-14-26(27)30(35)33(29)25-19-17-22(2)18-20-25/h6,8-15,17-20,23H,4-5,7,16,21H2,1-3H3. The van der Waals surface area contributed by atoms with Crippen LogP contribution in [0.15, 0.2) is 83.7 Å². The highest BCUT2D eigenvalue weighted by atomic mass is 16.2. The summed E-state index contributed by atoms with van der Waals surface area (Å²) >= 11 is 0. The number of fused-ring (bicyclic) bond motifs is 1. The van der Waals surface area contributed by atoms with Crippen molar-refractivity contribution in [3.63, 3.8) is 0 Å². The Labute approximate surface area is 207 Å². The summed E-state index contributed by atoms with van der Waals surface area (Å²) in [4.78, 5) is 34.0. The SMILES string of the molecule is CCCCCC(=O)N(Cc1ccccc1)C(C)c1nc2ccccc2c(=O)n1-c1ccc(C)cc1. The van der Waals surface area contributed by atoms with E-state index in [4.69, 9.17) is 4.98 Å². The fourth-order valence-corrected chi connectivity index (χ4v) is 4.40. The monoisotopic (exact) mass is 467 g/mol. The zero-order valence-corrected chi connectivity index (χ0v) is 20.8. The van der Waals surface area contributed by atoms with E-state index in [9.17, 15) is 9.59 Å². The summed E-state index contributed by atoms with van der Waals surface area (Å²) in [5.74, 6) is 0.644. The van der Waals surface area contributed by atoms with Crippen LogP contribution in [0.1, 0.15) is 62.5 Å². The van der Waals surface area contributed by atoms with Gasteiger partial charge in [0.05, 0.1) is 22.6 Å². The molecule has 0 aliphatic rings. The van der Waals surface area contributed by atoms with Gasteiger partial charge >= 0.3 is 0 Å². The number of benzene rings is 3. The summed E-state index contributed by atoms with van der Waals surface area (Å²) in [6.07, 6.45) is 3.40. The second-order valence-corrected chi connectivity index (χ2v) is 9.10. The number of para-hydroxylation sites is 1. The number of unbranched alkanes of at least 4 members (excludes halogenated alkanes) is 2. The third-order valence-electron chi connectivity index (χ3n) is 6.45. The van der Waals surface area contributed by atoms with E-state index < -0.39 is 6.04 Å². The Kier molecular flexibility index (Phi) is 7.76. The summed E-state index contributed by atoms with van der Waals surface area (Å²) in [7, 11) is 0. The third-order valence-corrected chi connectivity index (χ3v) is 6.45. The van der Waals surface area contributed by atoms with Crippen molar-refractivity contribution in [2.45, 2.75) is 59.0 Å². The molecule has 0 bridgehead atoms. The van der Waals surface area contributed by atoms with Crippen molar-refractivity contribution in [3.8, 4) is 5.69 Å². The van der Waals surface area contributed by atoms with E-state index in [-0.39, 0.29) is 11.5 Å². The van der Waals surface area contributed by atoms with Crippen molar-refractivity contribution < 1.29 is 4.79 Å². The molecular formula is C30H33N3O2. The molecule has 1 heterocycles. The van der Waals surface area contributed by atoms with Gasteiger partial charge in [0.15, 0.2) is 0 Å². The normalized spacial score (nSPS) is 12.0. The molecule has 0 aliphatic carbocycles. The van der Waals surface area contributed by atoms with Crippen LogP contribution in [0.4, 0.5) is 0 Å². The van der Waals surface area contributed by atoms with Crippen molar-refractivity contribution >= 4 is 16.8 Å². The maximum atomic E-state index is 13.7. The van der Waals surface area contributed by atoms with Gasteiger partial charge in [0.25, 0.3) is 5.56 Å². The molecular weight excluding hydrogens is 434 g/mol. The van der Waals surface area contributed by atoms with Crippen LogP contribution in [0.25, 0.3) is 16.6 Å². The van der Waals surface area contributed by atoms with E-state index in [0.29, 0.717) is 29.7 Å². The van der Waals surface area contributed by atoms with E-state index in [1.807, 2.05) is 91.5 Å². The minimum Gasteiger partial charge on any atom is -0.328 e. The highest BCUT2D eigenvalue weighted by Crippen LogP contribution is 2.26. The van der Waals surface area contributed by atoms with Crippen molar-refractivity contribution in [1.29, 1.82) is 0 Å². The number of aryl methyl sites for hydroxylation is 1. The molecule has 0 saturated heterocycles. The van der Waals surface area contributed by atoms with Crippen LogP contribution in [0.2, 0.25) is 0 Å². The van der Waals surface area contributed by atoms with Gasteiger partial charge in [0, 0.05) is 13.0 Å². The van der Waals surface area contributed by atoms with Gasteiger partial charge < -0.3 is 4.90 Å². The van der Waals surface area contributed by atoms with Gasteiger partial charge in [-0.15, -0.1) is 0 Å². The van der Waals surface area contributed by atoms with Gasteiger partial charge in [0.1, 0.15) is 5.82 Å². The molecule has 0 aliphatic heterocycles. The summed E-state index contributed by atoms with van der Waals surface area (Å²) in [6, 6.07) is 24.9. The molecule has 4 aromatic rings. The van der Waals surface area contributed by atoms with Crippen LogP contribution in [-0.2, 0) is 11.3 Å². The molecule has 5 nitrogen and oxygen atoms in total. The van der Waals surface area contributed by atoms with Crippen LogP contribution in [-0.4, -0.2) is 20.4 Å². The Morgan fingerprint density at radius 2 is 1.63 bits per heavy atom. The van der Waals surface area contributed by atoms with Crippen molar-refractivity contribution in [2.75, 3.05) is 0 Å². The molecule has 4 rings (SSSR count). The molecule has 0 saturated carbocycles. The second kappa shape index (κ2) is 11.1. The van der Waals surface area contributed by atoms with Crippen LogP contribution < -0.4 is 5.56 Å². The van der Waals surface area contributed by atoms with Crippen LogP contribution in [0.5, 0.6) is 0 Å². The lowest BCUT2D eigenvalue weighted by Gasteiger charge is -2.31. The van der Waals surface area contributed by atoms with E-state index in [2.05, 4.69) is 6.92 Å². The van der Waals surface area contributed by atoms with Crippen molar-refractivity contribution in [2.24, 2.45) is 0 Å². The van der Waals surface area contributed by atoms with Crippen molar-refractivity contribution in [3.05, 3.63) is 106 Å². The van der Waals surface area contributed by atoms with E-state index >= 15 is 0 Å². The molecule has 0 spiro atoms. The fourth-order valence-electron chi connectivity index (χ4n) is 4.40. The largest absolute Gasteiger partial charge is 0.328 e. The molecule has 35 heavy (non-hydrogen) atoms. The molecule has 0 radical (unpaired) electrons. The molecule has 3 aromatic carbocycles. The summed E-state index contributed by atoms with van der Waals surface area (Å²) < 4.78 is 1.67. The maximum Gasteiger partial charge on any atom is 0.266 e. The number of amides is 1. The van der Waals surface area contributed by atoms with Gasteiger partial charge in [-0.1, -0.05) is 79.9 Å². The van der Waals surface area contributed by atoms with E-state index in [1.165, 1.54) is 0 Å². The number of carbonyl (C=O) groups is 1. The topological polar surface area (TPSA) is 55.2 Å². The fraction of sp³-hybridized carbons (Fsp3) is 0.300. The van der Waals surface area contributed by atoms with Crippen LogP contribution in [0, 0.1) is 6.92 Å². The third kappa shape index (κ3) is 5.51. The molecule has 180 valence electrons. The Balaban J connectivity index is 1.84. The second-order valence-electron chi connectivity index (χ2n) is 9.10. The van der Waals surface area contributed by atoms with E-state index in [1.54, 1.807) is 10.6 Å². The zero-order valence-electron chi connectivity index (χ0n) is 20.8. The highest BCUT2D eigenvalue weighted by molar-refractivity contribution is 5.79. The Morgan fingerprint density at radius 1 is 0.943 bits per heavy atom. The van der Waals surface area contributed by atoms with Gasteiger partial charge in [0.2, 0.25) is 5.91 Å². The lowest BCUT2D eigenvalue weighted by molar-refractivity contribution is -0.134. The van der Waals surface area contributed by atoms with Crippen LogP contribution >= 0.6 is 0 Å². The smallest absolute Gasteiger partial charge is 0.266 e. The minimum atomic E-state index is -0.400. The number of aromatic nitrogens is 2. The Bertz CT molecular complexity index is 1340. The first-order valence-corrected chi connectivity index (χ1v) is 12.4. The van der Waals surface area contributed by atoms with Crippen LogP contribution in [0.3, 0.4) is 0 Å². The number of carbonyl (C=O) groups excluding carboxylic acids is 1. The summed E-state index contributed by atoms with van der Waals surface area (Å²) in [5, 5.41) is 0.563. The average molecular weight is 468 g/mol. The minimum absolute atomic E-state index is 0.0765. The Morgan fingerprint density at radius 3 is 2.34 bits per heavy atom. The van der Waals surface area contributed by atoms with Gasteiger partial charge in [-0.25, -0.2) is 4.98 Å². The summed E-state index contributed by atoms with van der Waals surface area (Å²) in [5.41, 5.74) is 3.43. The van der Waals surface area contributed by atoms with Crippen molar-refractivity contribution in [1.82, 2.24) is 14.5 Å². The number of rotatable bonds is 9. The molecule has 1 atom stereocenters. The molecule has 1 aromatic heterocycles. The molecule has 1 amide bonds. The number of hydrogen-bond donors (Lipinski definition) is 0. The summed E-state index contributed by atoms with van der Waals surface area (Å²) in [6.45, 7) is 6.59. The lowest BCUT2D eigenvalue weighted by atomic mass is 10.1. The maximum absolute atomic E-state index is 13.7. The van der Waals surface area contributed by atoms with Gasteiger partial charge in [-0.2, -0.15) is 0 Å². The average Bonchev–Trinajstić information content (AvgIpc) is 2.88. The first kappa shape index (κ1) is 24.4. The number of nitrogens with zero attached hydrogens (tertiary/aromatic N) is 3. The molecule has 0 N–H and O–H groups in total. The molecule has 1 unspecified atom stereocenters. The van der Waals surface area contributed by atoms with Gasteiger partial charge in [-0.05, 0) is 50.1 Å². The predicted octanol–water partition coefficient (Wildman–Crippen LogP) is 6.36. The highest BCUT2D eigenvalue weighted by Gasteiger charge is 2.26. The lowest BCUT2D eigenvalue weighted by Crippen LogP contribution is -2.37. The first-order valence-electron chi connectivity index (χ1n) is 12.4. The Hall–Kier alpha value is -3.73. The van der Waals surface area contributed by atoms with E-state index in [0.717, 1.165) is 36.1 Å². The predicted molar refractivity (Wildman–Crippen MR) is 142 cm³/mol. The molecule has 5 heteroatoms. The first-order chi connectivity index (χ1) is 17.0. The molecule has 0 fully saturated rings. The number of hydrogen-bond acceptors (Lipinski definition) is 3. The quantitative estimate of drug-likeness (QED) is 0.269.